The Bertz CT molecular complexity index is 1900. The van der Waals surface area contributed by atoms with E-state index in [0.717, 1.165) is 51.4 Å². The molecule has 744 valence electrons. The minimum Gasteiger partial charge on any atom is -0.0654 e. The summed E-state index contributed by atoms with van der Waals surface area (Å²) in [7, 11) is 0. The molecule has 0 aromatic heterocycles. The summed E-state index contributed by atoms with van der Waals surface area (Å²) in [6.45, 7) is 39.5. The summed E-state index contributed by atoms with van der Waals surface area (Å²) >= 11 is -5.50. The molecule has 0 rings (SSSR count). The first kappa shape index (κ1) is 125. The van der Waals surface area contributed by atoms with E-state index in [-0.39, 0.29) is 0 Å². The van der Waals surface area contributed by atoms with Crippen LogP contribution in [0.3, 0.4) is 0 Å². The molecule has 0 radical (unpaired) electrons. The van der Waals surface area contributed by atoms with Crippen molar-refractivity contribution in [3.63, 3.8) is 0 Å². The second kappa shape index (κ2) is 92.6. The van der Waals surface area contributed by atoms with E-state index in [0.29, 0.717) is 23.7 Å². The molecule has 0 saturated heterocycles. The topological polar surface area (TPSA) is 36.9 Å². The van der Waals surface area contributed by atoms with Crippen LogP contribution in [-0.2, 0) is 31.4 Å². The number of hydrogen-bond donors (Lipinski definition) is 0. The Balaban J connectivity index is 10.1. The molecule has 0 amide bonds. The second-order valence-electron chi connectivity index (χ2n) is 41.4. The Hall–Kier alpha value is -0.486. The third kappa shape index (κ3) is 65.0. The number of rotatable bonds is 104. The van der Waals surface area contributed by atoms with Gasteiger partial charge in [0.2, 0.25) is 0 Å². The molecule has 4 nitrogen and oxygen atoms in total. The Morgan fingerprint density at radius 2 is 0.264 bits per heavy atom. The monoisotopic (exact) mass is 1790 g/mol. The third-order valence-electron chi connectivity index (χ3n) is 29.8. The maximum absolute atomic E-state index is 9.84. The fourth-order valence-corrected chi connectivity index (χ4v) is 27.2. The summed E-state index contributed by atoms with van der Waals surface area (Å²) in [5.74, 6) is 1.63. The SMILES string of the molecule is CCCCCCCC/C=C\CCCCCCC(CCCC)C(CCCC)(CCCC)[O][Ti]([O]C(CCCC)(CCCC)C(CCCC)CCCCCC/C=C\CCCCCCCC)([O]C(CCCC)(CCCC)C(CCCC)CCCCCC/C=C\CCCCCCCC)[O]C(CCCC)(CCCC)C(CCCC)CCCCCC/C=C\CCCCCCCC. The molecule has 0 aromatic rings. The molecular formula is C120H236O4Ti. The van der Waals surface area contributed by atoms with E-state index >= 15 is 0 Å². The minimum absolute atomic E-state index is 0.407. The van der Waals surface area contributed by atoms with Gasteiger partial charge in [0.05, 0.1) is 0 Å². The molecule has 0 aliphatic carbocycles. The predicted molar refractivity (Wildman–Crippen MR) is 563 cm³/mol. The molecule has 0 aliphatic rings. The first-order valence-electron chi connectivity index (χ1n) is 58.8. The summed E-state index contributed by atoms with van der Waals surface area (Å²) < 4.78 is 39.4. The molecular weight excluding hydrogens is 1550 g/mol. The van der Waals surface area contributed by atoms with Gasteiger partial charge in [-0.2, -0.15) is 0 Å². The predicted octanol–water partition coefficient (Wildman–Crippen LogP) is 44.2. The van der Waals surface area contributed by atoms with Crippen LogP contribution in [0, 0.1) is 23.7 Å². The van der Waals surface area contributed by atoms with Crippen LogP contribution in [0.4, 0.5) is 0 Å². The zero-order valence-electron chi connectivity index (χ0n) is 89.3. The van der Waals surface area contributed by atoms with Crippen LogP contribution in [-0.4, -0.2) is 22.4 Å². The van der Waals surface area contributed by atoms with Crippen LogP contribution >= 0.6 is 0 Å². The van der Waals surface area contributed by atoms with Gasteiger partial charge in [0.1, 0.15) is 0 Å². The van der Waals surface area contributed by atoms with Crippen LogP contribution in [0.1, 0.15) is 676 Å². The van der Waals surface area contributed by atoms with Crippen LogP contribution in [0.15, 0.2) is 48.6 Å². The van der Waals surface area contributed by atoms with E-state index in [1.165, 1.54) is 514 Å². The van der Waals surface area contributed by atoms with Gasteiger partial charge in [0.15, 0.2) is 0 Å². The van der Waals surface area contributed by atoms with E-state index in [1.807, 2.05) is 0 Å². The molecule has 0 aromatic carbocycles. The zero-order valence-corrected chi connectivity index (χ0v) is 90.8. The van der Waals surface area contributed by atoms with Gasteiger partial charge in [-0.05, 0) is 25.7 Å². The summed E-state index contributed by atoms with van der Waals surface area (Å²) in [5, 5.41) is 0. The molecule has 0 spiro atoms. The Morgan fingerprint density at radius 1 is 0.144 bits per heavy atom. The summed E-state index contributed by atoms with van der Waals surface area (Å²) in [4.78, 5) is 0. The van der Waals surface area contributed by atoms with E-state index in [1.54, 1.807) is 0 Å². The van der Waals surface area contributed by atoms with E-state index in [4.69, 9.17) is 0 Å². The Labute approximate surface area is 796 Å². The van der Waals surface area contributed by atoms with Crippen LogP contribution in [0.5, 0.6) is 0 Å². The van der Waals surface area contributed by atoms with Gasteiger partial charge in [-0.1, -0.05) is 156 Å². The van der Waals surface area contributed by atoms with Crippen molar-refractivity contribution in [3.05, 3.63) is 48.6 Å². The van der Waals surface area contributed by atoms with Crippen molar-refractivity contribution in [1.29, 1.82) is 0 Å². The van der Waals surface area contributed by atoms with Crippen LogP contribution in [0.25, 0.3) is 0 Å². The molecule has 125 heavy (non-hydrogen) atoms. The first-order chi connectivity index (χ1) is 61.4. The normalized spacial score (nSPS) is 14.3. The fraction of sp³-hybridized carbons (Fsp3) is 0.933. The van der Waals surface area contributed by atoms with E-state index in [2.05, 4.69) is 159 Å². The zero-order chi connectivity index (χ0) is 91.5. The van der Waals surface area contributed by atoms with Crippen molar-refractivity contribution >= 4 is 0 Å². The van der Waals surface area contributed by atoms with Gasteiger partial charge in [-0.3, -0.25) is 0 Å². The van der Waals surface area contributed by atoms with Gasteiger partial charge in [-0.15, -0.1) is 0 Å². The third-order valence-corrected chi connectivity index (χ3v) is 33.9. The van der Waals surface area contributed by atoms with Gasteiger partial charge >= 0.3 is 620 Å². The molecule has 0 bridgehead atoms. The fourth-order valence-electron chi connectivity index (χ4n) is 21.4. The molecule has 0 aliphatic heterocycles. The van der Waals surface area contributed by atoms with Gasteiger partial charge < -0.3 is 0 Å². The molecule has 0 heterocycles. The van der Waals surface area contributed by atoms with Gasteiger partial charge in [0.25, 0.3) is 0 Å². The molecule has 5 heteroatoms. The maximum atomic E-state index is 9.84. The molecule has 4 atom stereocenters. The van der Waals surface area contributed by atoms with E-state index in [9.17, 15) is 13.3 Å². The quantitative estimate of drug-likeness (QED) is 0.0345. The second-order valence-corrected chi connectivity index (χ2v) is 44.3. The van der Waals surface area contributed by atoms with Crippen LogP contribution in [0.2, 0.25) is 0 Å². The van der Waals surface area contributed by atoms with Crippen molar-refractivity contribution < 1.29 is 31.4 Å². The van der Waals surface area contributed by atoms with Crippen molar-refractivity contribution in [3.8, 4) is 0 Å². The van der Waals surface area contributed by atoms with Crippen molar-refractivity contribution in [1.82, 2.24) is 0 Å². The Morgan fingerprint density at radius 3 is 0.408 bits per heavy atom. The van der Waals surface area contributed by atoms with Crippen molar-refractivity contribution in [2.75, 3.05) is 0 Å². The average molecular weight is 1790 g/mol. The molecule has 0 fully saturated rings. The number of unbranched alkanes of at least 4 members (excludes halogenated alkanes) is 52. The number of allylic oxidation sites excluding steroid dienone is 8. The summed E-state index contributed by atoms with van der Waals surface area (Å²) in [6.07, 6.45) is 132. The Kier molecular flexibility index (Phi) is 92.2. The standard InChI is InChI=1S/4C30H59O.Ti/c4*1-5-9-13-14-15-16-17-18-19-20-21-22-23-24-26-29(25-10-6-2)30(31,27-11-7-3)28-12-8-4;/h4*18-19,29H,5-17,20-28H2,1-4H3;/q4*-1;+4/b4*19-18-;. The smallest absolute Gasteiger partial charge is 0.0654 e. The average Bonchev–Trinajstić information content (AvgIpc) is 0.735. The molecule has 0 saturated carbocycles. The summed E-state index contributed by atoms with van der Waals surface area (Å²) in [6, 6.07) is 0. The first-order valence-corrected chi connectivity index (χ1v) is 61.3. The van der Waals surface area contributed by atoms with Crippen molar-refractivity contribution in [2.24, 2.45) is 23.7 Å². The van der Waals surface area contributed by atoms with Gasteiger partial charge in [-0.25, -0.2) is 0 Å². The number of hydrogen-bond acceptors (Lipinski definition) is 4. The summed E-state index contributed by atoms with van der Waals surface area (Å²) in [5.41, 5.74) is -1.74. The van der Waals surface area contributed by atoms with Crippen molar-refractivity contribution in [2.45, 2.75) is 698 Å². The molecule has 0 N–H and O–H groups in total. The minimum atomic E-state index is -5.50. The van der Waals surface area contributed by atoms with Crippen LogP contribution < -0.4 is 0 Å². The van der Waals surface area contributed by atoms with Gasteiger partial charge in [0, 0.05) is 0 Å². The van der Waals surface area contributed by atoms with E-state index < -0.39 is 40.5 Å². The molecule has 4 unspecified atom stereocenters.